The zero-order valence-corrected chi connectivity index (χ0v) is 18.9. The highest BCUT2D eigenvalue weighted by Crippen LogP contribution is 2.29. The lowest BCUT2D eigenvalue weighted by Crippen LogP contribution is -2.55. The quantitative estimate of drug-likeness (QED) is 0.531. The standard InChI is InChI=1S/C23H29N9/c1-15-25-20-5-4-19(27-22(20)30(15)3)18-6-7-32-21(18)14-24-23(28-32)26-16-12-17(13-16)31-10-8-29(2)9-11-31/h4-7,14,16-17H,8-13H2,1-3H3,(H,26,28). The molecule has 0 amide bonds. The van der Waals surface area contributed by atoms with Gasteiger partial charge in [-0.15, -0.1) is 5.10 Å². The Morgan fingerprint density at radius 1 is 1.00 bits per heavy atom. The van der Waals surface area contributed by atoms with Gasteiger partial charge in [0.05, 0.1) is 17.4 Å². The molecule has 0 aromatic carbocycles. The van der Waals surface area contributed by atoms with Crippen LogP contribution in [-0.2, 0) is 7.05 Å². The summed E-state index contributed by atoms with van der Waals surface area (Å²) in [6, 6.07) is 7.24. The molecule has 1 aliphatic heterocycles. The minimum atomic E-state index is 0.448. The molecule has 1 N–H and O–H groups in total. The van der Waals surface area contributed by atoms with Crippen LogP contribution in [0.15, 0.2) is 30.6 Å². The molecule has 1 aliphatic carbocycles. The second kappa shape index (κ2) is 7.53. The van der Waals surface area contributed by atoms with Crippen molar-refractivity contribution < 1.29 is 0 Å². The smallest absolute Gasteiger partial charge is 0.241 e. The van der Waals surface area contributed by atoms with Gasteiger partial charge in [0.25, 0.3) is 0 Å². The largest absolute Gasteiger partial charge is 0.350 e. The molecule has 1 saturated carbocycles. The van der Waals surface area contributed by atoms with E-state index in [-0.39, 0.29) is 0 Å². The Kier molecular flexibility index (Phi) is 4.62. The first-order chi connectivity index (χ1) is 15.5. The van der Waals surface area contributed by atoms with E-state index in [1.807, 2.05) is 47.6 Å². The summed E-state index contributed by atoms with van der Waals surface area (Å²) in [5.41, 5.74) is 4.68. The highest BCUT2D eigenvalue weighted by atomic mass is 15.3. The van der Waals surface area contributed by atoms with Crippen molar-refractivity contribution in [2.24, 2.45) is 7.05 Å². The molecule has 5 heterocycles. The Labute approximate surface area is 187 Å². The molecular formula is C23H29N9. The molecule has 0 bridgehead atoms. The molecule has 0 atom stereocenters. The zero-order chi connectivity index (χ0) is 21.8. The summed E-state index contributed by atoms with van der Waals surface area (Å²) in [4.78, 5) is 19.0. The first kappa shape index (κ1) is 19.6. The number of nitrogens with one attached hydrogen (secondary N) is 1. The molecule has 2 aliphatic rings. The van der Waals surface area contributed by atoms with Crippen molar-refractivity contribution in [2.75, 3.05) is 38.5 Å². The van der Waals surface area contributed by atoms with E-state index in [0.717, 1.165) is 46.6 Å². The number of hydrogen-bond donors (Lipinski definition) is 1. The second-order valence-electron chi connectivity index (χ2n) is 9.20. The van der Waals surface area contributed by atoms with Crippen molar-refractivity contribution in [3.63, 3.8) is 0 Å². The number of nitrogens with zero attached hydrogens (tertiary/aromatic N) is 8. The summed E-state index contributed by atoms with van der Waals surface area (Å²) in [6.45, 7) is 6.70. The van der Waals surface area contributed by atoms with Gasteiger partial charge in [-0.3, -0.25) is 4.90 Å². The molecule has 166 valence electrons. The van der Waals surface area contributed by atoms with E-state index in [0.29, 0.717) is 18.0 Å². The van der Waals surface area contributed by atoms with Crippen LogP contribution in [-0.4, -0.2) is 84.2 Å². The third-order valence-electron chi connectivity index (χ3n) is 7.13. The van der Waals surface area contributed by atoms with Crippen LogP contribution in [0.25, 0.3) is 27.9 Å². The number of likely N-dealkylation sites (N-methyl/N-ethyl adjacent to an activating group) is 1. The maximum Gasteiger partial charge on any atom is 0.241 e. The maximum absolute atomic E-state index is 4.85. The molecule has 4 aromatic heterocycles. The SMILES string of the molecule is Cc1nc2ccc(-c3ccn4nc(NC5CC(N6CCN(C)CC6)C5)ncc34)nc2n1C. The summed E-state index contributed by atoms with van der Waals surface area (Å²) >= 11 is 0. The van der Waals surface area contributed by atoms with E-state index in [2.05, 4.69) is 38.2 Å². The molecule has 9 heteroatoms. The Bertz CT molecular complexity index is 1280. The fourth-order valence-corrected chi connectivity index (χ4v) is 4.88. The summed E-state index contributed by atoms with van der Waals surface area (Å²) in [6.07, 6.45) is 6.19. The van der Waals surface area contributed by atoms with Gasteiger partial charge in [0.1, 0.15) is 11.3 Å². The molecule has 4 aromatic rings. The van der Waals surface area contributed by atoms with Crippen molar-refractivity contribution in [1.82, 2.24) is 38.9 Å². The van der Waals surface area contributed by atoms with Gasteiger partial charge >= 0.3 is 0 Å². The molecule has 0 spiro atoms. The van der Waals surface area contributed by atoms with E-state index in [1.54, 1.807) is 0 Å². The van der Waals surface area contributed by atoms with E-state index in [1.165, 1.54) is 26.2 Å². The number of aromatic nitrogens is 6. The van der Waals surface area contributed by atoms with Crippen LogP contribution in [0.3, 0.4) is 0 Å². The first-order valence-corrected chi connectivity index (χ1v) is 11.4. The predicted molar refractivity (Wildman–Crippen MR) is 125 cm³/mol. The van der Waals surface area contributed by atoms with E-state index < -0.39 is 0 Å². The highest BCUT2D eigenvalue weighted by molar-refractivity contribution is 5.82. The third kappa shape index (κ3) is 3.32. The lowest BCUT2D eigenvalue weighted by molar-refractivity contribution is 0.0656. The lowest BCUT2D eigenvalue weighted by Gasteiger charge is -2.46. The fraction of sp³-hybridized carbons (Fsp3) is 0.478. The highest BCUT2D eigenvalue weighted by Gasteiger charge is 2.35. The van der Waals surface area contributed by atoms with E-state index >= 15 is 0 Å². The predicted octanol–water partition coefficient (Wildman–Crippen LogP) is 2.18. The van der Waals surface area contributed by atoms with Crippen molar-refractivity contribution in [3.05, 3.63) is 36.4 Å². The van der Waals surface area contributed by atoms with Gasteiger partial charge in [-0.1, -0.05) is 0 Å². The van der Waals surface area contributed by atoms with Crippen LogP contribution in [0.1, 0.15) is 18.7 Å². The summed E-state index contributed by atoms with van der Waals surface area (Å²) in [5, 5.41) is 8.23. The van der Waals surface area contributed by atoms with Crippen LogP contribution >= 0.6 is 0 Å². The normalized spacial score (nSPS) is 22.5. The van der Waals surface area contributed by atoms with Crippen LogP contribution in [0.2, 0.25) is 0 Å². The molecule has 6 rings (SSSR count). The van der Waals surface area contributed by atoms with Gasteiger partial charge in [-0.25, -0.2) is 19.5 Å². The lowest BCUT2D eigenvalue weighted by atomic mass is 9.85. The Balaban J connectivity index is 1.17. The number of imidazole rings is 1. The molecule has 2 fully saturated rings. The summed E-state index contributed by atoms with van der Waals surface area (Å²) < 4.78 is 3.91. The average molecular weight is 432 g/mol. The molecule has 1 saturated heterocycles. The first-order valence-electron chi connectivity index (χ1n) is 11.4. The molecule has 0 unspecified atom stereocenters. The number of pyridine rings is 1. The minimum Gasteiger partial charge on any atom is -0.350 e. The Morgan fingerprint density at radius 3 is 2.62 bits per heavy atom. The molecule has 0 radical (unpaired) electrons. The van der Waals surface area contributed by atoms with Gasteiger partial charge < -0.3 is 14.8 Å². The number of piperazine rings is 1. The molecule has 32 heavy (non-hydrogen) atoms. The third-order valence-corrected chi connectivity index (χ3v) is 7.13. The van der Waals surface area contributed by atoms with Gasteiger partial charge in [0.2, 0.25) is 5.95 Å². The van der Waals surface area contributed by atoms with Gasteiger partial charge in [-0.2, -0.15) is 0 Å². The Morgan fingerprint density at radius 2 is 1.81 bits per heavy atom. The number of fused-ring (bicyclic) bond motifs is 2. The van der Waals surface area contributed by atoms with Crippen LogP contribution in [0.4, 0.5) is 5.95 Å². The number of anilines is 1. The van der Waals surface area contributed by atoms with Crippen molar-refractivity contribution in [1.29, 1.82) is 0 Å². The van der Waals surface area contributed by atoms with Crippen molar-refractivity contribution in [3.8, 4) is 11.3 Å². The summed E-state index contributed by atoms with van der Waals surface area (Å²) in [5.74, 6) is 1.64. The van der Waals surface area contributed by atoms with Crippen molar-refractivity contribution >= 4 is 22.6 Å². The summed E-state index contributed by atoms with van der Waals surface area (Å²) in [7, 11) is 4.20. The van der Waals surface area contributed by atoms with Gasteiger partial charge in [0.15, 0.2) is 5.65 Å². The second-order valence-corrected chi connectivity index (χ2v) is 9.20. The zero-order valence-electron chi connectivity index (χ0n) is 18.9. The topological polar surface area (TPSA) is 79.4 Å². The number of aryl methyl sites for hydroxylation is 2. The average Bonchev–Trinajstić information content (AvgIpc) is 3.31. The molecule has 9 nitrogen and oxygen atoms in total. The number of rotatable bonds is 4. The maximum atomic E-state index is 4.85. The van der Waals surface area contributed by atoms with Gasteiger partial charge in [-0.05, 0) is 45.0 Å². The van der Waals surface area contributed by atoms with Crippen molar-refractivity contribution in [2.45, 2.75) is 31.8 Å². The monoisotopic (exact) mass is 431 g/mol. The van der Waals surface area contributed by atoms with Gasteiger partial charge in [0, 0.05) is 57.1 Å². The number of hydrogen-bond acceptors (Lipinski definition) is 7. The molecular weight excluding hydrogens is 402 g/mol. The fourth-order valence-electron chi connectivity index (χ4n) is 4.88. The van der Waals surface area contributed by atoms with Crippen LogP contribution in [0, 0.1) is 6.92 Å². The van der Waals surface area contributed by atoms with Crippen LogP contribution in [0.5, 0.6) is 0 Å². The van der Waals surface area contributed by atoms with E-state index in [9.17, 15) is 0 Å². The minimum absolute atomic E-state index is 0.448. The van der Waals surface area contributed by atoms with E-state index in [4.69, 9.17) is 10.1 Å². The Hall–Kier alpha value is -3.04. The van der Waals surface area contributed by atoms with Crippen LogP contribution < -0.4 is 5.32 Å².